The molecule has 2 aliphatic rings. The lowest BCUT2D eigenvalue weighted by Crippen LogP contribution is -2.34. The number of hydrogen-bond acceptors (Lipinski definition) is 6. The van der Waals surface area contributed by atoms with Crippen molar-refractivity contribution in [2.45, 2.75) is 19.4 Å². The quantitative estimate of drug-likeness (QED) is 0.211. The van der Waals surface area contributed by atoms with Crippen molar-refractivity contribution in [2.75, 3.05) is 18.5 Å². The maximum atomic E-state index is 13.8. The first-order valence-corrected chi connectivity index (χ1v) is 13.1. The minimum absolute atomic E-state index is 0.0769. The highest BCUT2D eigenvalue weighted by molar-refractivity contribution is 6.35. The number of anilines is 1. The van der Waals surface area contributed by atoms with Crippen LogP contribution in [0.15, 0.2) is 78.0 Å². The van der Waals surface area contributed by atoms with E-state index in [1.54, 1.807) is 37.3 Å². The fourth-order valence-corrected chi connectivity index (χ4v) is 5.34. The number of esters is 1. The molecule has 196 valence electrons. The van der Waals surface area contributed by atoms with Crippen LogP contribution < -0.4 is 15.4 Å². The van der Waals surface area contributed by atoms with Crippen LogP contribution >= 0.6 is 23.2 Å². The predicted molar refractivity (Wildman–Crippen MR) is 150 cm³/mol. The number of nitriles is 1. The summed E-state index contributed by atoms with van der Waals surface area (Å²) in [6.07, 6.45) is 2.08. The molecule has 1 atom stereocenters. The molecular formula is C30H23Cl2N3O4. The zero-order valence-electron chi connectivity index (χ0n) is 20.9. The number of hydrogen-bond donors (Lipinski definition) is 2. The van der Waals surface area contributed by atoms with Gasteiger partial charge in [-0.15, -0.1) is 0 Å². The molecule has 2 heterocycles. The molecular weight excluding hydrogens is 537 g/mol. The van der Waals surface area contributed by atoms with Crippen LogP contribution in [0.4, 0.5) is 5.69 Å². The van der Waals surface area contributed by atoms with Gasteiger partial charge in [-0.25, -0.2) is 4.79 Å². The smallest absolute Gasteiger partial charge is 0.349 e. The van der Waals surface area contributed by atoms with Gasteiger partial charge in [-0.05, 0) is 36.8 Å². The van der Waals surface area contributed by atoms with Crippen molar-refractivity contribution in [1.82, 2.24) is 5.32 Å². The monoisotopic (exact) mass is 559 g/mol. The Morgan fingerprint density at radius 3 is 2.59 bits per heavy atom. The molecule has 2 N–H and O–H groups in total. The summed E-state index contributed by atoms with van der Waals surface area (Å²) in [4.78, 5) is 26.7. The van der Waals surface area contributed by atoms with Crippen molar-refractivity contribution in [3.8, 4) is 22.9 Å². The number of nitrogens with zero attached hydrogens (tertiary/aromatic N) is 1. The Morgan fingerprint density at radius 2 is 1.85 bits per heavy atom. The number of carbonyl (C=O) groups is 2. The second kappa shape index (κ2) is 11.2. The minimum atomic E-state index is -0.811. The molecule has 3 aromatic rings. The zero-order chi connectivity index (χ0) is 27.5. The van der Waals surface area contributed by atoms with Crippen molar-refractivity contribution in [3.63, 3.8) is 0 Å². The number of amides is 1. The molecule has 0 spiro atoms. The van der Waals surface area contributed by atoms with E-state index < -0.39 is 11.9 Å². The summed E-state index contributed by atoms with van der Waals surface area (Å²) < 4.78 is 10.9. The lowest BCUT2D eigenvalue weighted by molar-refractivity contribution is -0.137. The first-order chi connectivity index (χ1) is 18.9. The van der Waals surface area contributed by atoms with Crippen LogP contribution in [0.5, 0.6) is 5.75 Å². The molecule has 0 radical (unpaired) electrons. The predicted octanol–water partition coefficient (Wildman–Crippen LogP) is 6.45. The summed E-state index contributed by atoms with van der Waals surface area (Å²) >= 11 is 12.5. The summed E-state index contributed by atoms with van der Waals surface area (Å²) in [7, 11) is 0. The lowest BCUT2D eigenvalue weighted by Gasteiger charge is -2.29. The fraction of sp³-hybridized carbons (Fsp3) is 0.167. The van der Waals surface area contributed by atoms with Crippen molar-refractivity contribution < 1.29 is 19.1 Å². The molecule has 0 aromatic heterocycles. The number of fused-ring (bicyclic) bond motifs is 2. The Kier molecular flexibility index (Phi) is 7.60. The molecule has 7 nitrogen and oxygen atoms in total. The SMILES string of the molecule is CCOC(=O)/C(C#N)=C1/C(C(=O)N[C@H]2CCOc3ccccc32)=CNc2c1cccc2-c1cc(Cl)cc(Cl)c1. The van der Waals surface area contributed by atoms with E-state index in [1.165, 1.54) is 6.20 Å². The number of halogens is 2. The van der Waals surface area contributed by atoms with Crippen LogP contribution in [0.2, 0.25) is 10.0 Å². The van der Waals surface area contributed by atoms with E-state index in [2.05, 4.69) is 10.6 Å². The van der Waals surface area contributed by atoms with Gasteiger partial charge in [0.1, 0.15) is 17.4 Å². The van der Waals surface area contributed by atoms with Gasteiger partial charge in [0.25, 0.3) is 5.91 Å². The van der Waals surface area contributed by atoms with Gasteiger partial charge >= 0.3 is 5.97 Å². The number of rotatable bonds is 5. The molecule has 1 amide bonds. The Balaban J connectivity index is 1.62. The molecule has 0 saturated carbocycles. The van der Waals surface area contributed by atoms with E-state index in [9.17, 15) is 14.9 Å². The Morgan fingerprint density at radius 1 is 1.10 bits per heavy atom. The van der Waals surface area contributed by atoms with E-state index >= 15 is 0 Å². The molecule has 39 heavy (non-hydrogen) atoms. The number of benzene rings is 3. The number of nitrogens with one attached hydrogen (secondary N) is 2. The van der Waals surface area contributed by atoms with Gasteiger partial charge in [-0.1, -0.05) is 59.6 Å². The zero-order valence-corrected chi connectivity index (χ0v) is 22.4. The largest absolute Gasteiger partial charge is 0.493 e. The van der Waals surface area contributed by atoms with Crippen LogP contribution in [-0.2, 0) is 14.3 Å². The number of ether oxygens (including phenoxy) is 2. The number of para-hydroxylation sites is 2. The van der Waals surface area contributed by atoms with Gasteiger partial charge in [-0.3, -0.25) is 4.79 Å². The topological polar surface area (TPSA) is 100 Å². The Labute approximate surface area is 235 Å². The van der Waals surface area contributed by atoms with E-state index in [1.807, 2.05) is 36.4 Å². The molecule has 0 bridgehead atoms. The molecule has 0 aliphatic carbocycles. The molecule has 0 saturated heterocycles. The first-order valence-electron chi connectivity index (χ1n) is 12.3. The summed E-state index contributed by atoms with van der Waals surface area (Å²) in [5.74, 6) is -0.549. The van der Waals surface area contributed by atoms with Crippen molar-refractivity contribution in [2.24, 2.45) is 0 Å². The van der Waals surface area contributed by atoms with E-state index in [0.29, 0.717) is 40.1 Å². The fourth-order valence-electron chi connectivity index (χ4n) is 4.81. The maximum absolute atomic E-state index is 13.8. The standard InChI is InChI=1S/C30H23Cl2N3O4/c1-2-38-30(37)23(15-33)27-22-8-5-7-20(17-12-18(31)14-19(32)13-17)28(22)34-16-24(27)29(36)35-25-10-11-39-26-9-4-3-6-21(25)26/h3-9,12-14,16,25,34H,2,10-11H2,1H3,(H,35,36)/b27-23+/t25-/m0/s1. The second-order valence-electron chi connectivity index (χ2n) is 8.87. The minimum Gasteiger partial charge on any atom is -0.493 e. The highest BCUT2D eigenvalue weighted by atomic mass is 35.5. The molecule has 0 unspecified atom stereocenters. The second-order valence-corrected chi connectivity index (χ2v) is 9.74. The van der Waals surface area contributed by atoms with Crippen molar-refractivity contribution in [3.05, 3.63) is 99.2 Å². The third kappa shape index (κ3) is 5.22. The maximum Gasteiger partial charge on any atom is 0.349 e. The van der Waals surface area contributed by atoms with Gasteiger partial charge in [0.15, 0.2) is 0 Å². The molecule has 2 aliphatic heterocycles. The molecule has 9 heteroatoms. The van der Waals surface area contributed by atoms with E-state index in [4.69, 9.17) is 32.7 Å². The van der Waals surface area contributed by atoms with E-state index in [0.717, 1.165) is 16.7 Å². The van der Waals surface area contributed by atoms with Crippen LogP contribution in [-0.4, -0.2) is 25.1 Å². The average molecular weight is 560 g/mol. The number of carbonyl (C=O) groups excluding carboxylic acids is 2. The van der Waals surface area contributed by atoms with Crippen LogP contribution in [0.3, 0.4) is 0 Å². The van der Waals surface area contributed by atoms with Gasteiger partial charge in [0.2, 0.25) is 0 Å². The highest BCUT2D eigenvalue weighted by Gasteiger charge is 2.32. The van der Waals surface area contributed by atoms with Gasteiger partial charge in [0, 0.05) is 44.9 Å². The third-order valence-electron chi connectivity index (χ3n) is 6.49. The van der Waals surface area contributed by atoms with Crippen LogP contribution in [0.25, 0.3) is 16.7 Å². The van der Waals surface area contributed by atoms with Crippen molar-refractivity contribution >= 4 is 46.3 Å². The average Bonchev–Trinajstić information content (AvgIpc) is 2.93. The first kappa shape index (κ1) is 26.4. The van der Waals surface area contributed by atoms with Crippen LogP contribution in [0, 0.1) is 11.3 Å². The normalized spacial score (nSPS) is 16.8. The summed E-state index contributed by atoms with van der Waals surface area (Å²) in [5, 5.41) is 17.3. The molecule has 5 rings (SSSR count). The Hall–Kier alpha value is -4.25. The van der Waals surface area contributed by atoms with Gasteiger partial charge in [0.05, 0.1) is 30.5 Å². The van der Waals surface area contributed by atoms with Crippen LogP contribution in [0.1, 0.15) is 30.5 Å². The lowest BCUT2D eigenvalue weighted by atomic mass is 9.86. The molecule has 0 fully saturated rings. The summed E-state index contributed by atoms with van der Waals surface area (Å²) in [6, 6.07) is 19.7. The van der Waals surface area contributed by atoms with Gasteiger partial charge < -0.3 is 20.1 Å². The summed E-state index contributed by atoms with van der Waals surface area (Å²) in [5.41, 5.74) is 3.45. The van der Waals surface area contributed by atoms with Crippen molar-refractivity contribution in [1.29, 1.82) is 5.26 Å². The third-order valence-corrected chi connectivity index (χ3v) is 6.92. The van der Waals surface area contributed by atoms with Gasteiger partial charge in [-0.2, -0.15) is 5.26 Å². The highest BCUT2D eigenvalue weighted by Crippen LogP contribution is 2.43. The Bertz CT molecular complexity index is 1570. The summed E-state index contributed by atoms with van der Waals surface area (Å²) in [6.45, 7) is 2.18. The molecule has 3 aromatic carbocycles. The van der Waals surface area contributed by atoms with E-state index in [-0.39, 0.29) is 29.4 Å².